The lowest BCUT2D eigenvalue weighted by atomic mass is 10.1. The number of hydrogen-bond donors (Lipinski definition) is 0. The van der Waals surface area contributed by atoms with Gasteiger partial charge in [0.05, 0.1) is 18.2 Å². The maximum Gasteiger partial charge on any atom is 0.135 e. The second-order valence-electron chi connectivity index (χ2n) is 6.52. The molecule has 26 heavy (non-hydrogen) atoms. The van der Waals surface area contributed by atoms with Crippen molar-refractivity contribution in [3.63, 3.8) is 0 Å². The van der Waals surface area contributed by atoms with E-state index in [0.29, 0.717) is 12.6 Å². The summed E-state index contributed by atoms with van der Waals surface area (Å²) in [4.78, 5) is 4.96. The largest absolute Gasteiger partial charge is 0.495 e. The molecule has 2 aromatic rings. The van der Waals surface area contributed by atoms with Crippen LogP contribution in [-0.4, -0.2) is 44.8 Å². The summed E-state index contributed by atoms with van der Waals surface area (Å²) in [6.45, 7) is 9.11. The van der Waals surface area contributed by atoms with E-state index in [0.717, 1.165) is 42.2 Å². The highest BCUT2D eigenvalue weighted by Gasteiger charge is 2.23. The molecular weight excluding hydrogens is 392 g/mol. The van der Waals surface area contributed by atoms with Gasteiger partial charge < -0.3 is 14.4 Å². The molecule has 5 heteroatoms. The van der Waals surface area contributed by atoms with Crippen molar-refractivity contribution >= 4 is 21.6 Å². The molecule has 1 saturated heterocycles. The Morgan fingerprint density at radius 2 is 1.85 bits per heavy atom. The predicted molar refractivity (Wildman–Crippen MR) is 111 cm³/mol. The molecule has 3 rings (SSSR count). The lowest BCUT2D eigenvalue weighted by Crippen LogP contribution is -2.47. The first-order valence-corrected chi connectivity index (χ1v) is 9.97. The molecule has 1 aliphatic heterocycles. The Balaban J connectivity index is 1.63. The lowest BCUT2D eigenvalue weighted by molar-refractivity contribution is 0.198. The number of benzene rings is 2. The molecule has 4 nitrogen and oxygen atoms in total. The molecule has 1 aliphatic rings. The van der Waals surface area contributed by atoms with Crippen molar-refractivity contribution in [2.24, 2.45) is 0 Å². The summed E-state index contributed by atoms with van der Waals surface area (Å²) in [7, 11) is 1.71. The zero-order valence-corrected chi connectivity index (χ0v) is 17.3. The Labute approximate surface area is 164 Å². The van der Waals surface area contributed by atoms with E-state index in [4.69, 9.17) is 9.47 Å². The average Bonchev–Trinajstić information content (AvgIpc) is 2.68. The summed E-state index contributed by atoms with van der Waals surface area (Å²) in [6.07, 6.45) is 0. The third-order valence-corrected chi connectivity index (χ3v) is 5.67. The van der Waals surface area contributed by atoms with E-state index in [1.807, 2.05) is 13.0 Å². The second kappa shape index (κ2) is 8.78. The zero-order chi connectivity index (χ0) is 18.5. The number of ether oxygens (including phenoxy) is 2. The molecule has 0 aliphatic carbocycles. The maximum absolute atomic E-state index is 5.65. The molecule has 1 unspecified atom stereocenters. The molecule has 0 amide bonds. The molecule has 0 aromatic heterocycles. The highest BCUT2D eigenvalue weighted by Crippen LogP contribution is 2.31. The Kier molecular flexibility index (Phi) is 6.43. The molecule has 0 N–H and O–H groups in total. The first kappa shape index (κ1) is 19.1. The van der Waals surface area contributed by atoms with Crippen molar-refractivity contribution in [2.45, 2.75) is 19.9 Å². The number of anilines is 1. The van der Waals surface area contributed by atoms with Crippen molar-refractivity contribution in [3.8, 4) is 11.5 Å². The van der Waals surface area contributed by atoms with Crippen LogP contribution >= 0.6 is 15.9 Å². The quantitative estimate of drug-likeness (QED) is 0.676. The van der Waals surface area contributed by atoms with Crippen LogP contribution in [0.2, 0.25) is 0 Å². The fourth-order valence-electron chi connectivity index (χ4n) is 3.45. The highest BCUT2D eigenvalue weighted by atomic mass is 79.9. The second-order valence-corrected chi connectivity index (χ2v) is 7.38. The fraction of sp³-hybridized carbons (Fsp3) is 0.429. The van der Waals surface area contributed by atoms with E-state index < -0.39 is 0 Å². The third-order valence-electron chi connectivity index (χ3n) is 5.01. The summed E-state index contributed by atoms with van der Waals surface area (Å²) >= 11 is 3.52. The number of piperazine rings is 1. The van der Waals surface area contributed by atoms with Gasteiger partial charge in [0.1, 0.15) is 11.5 Å². The minimum Gasteiger partial charge on any atom is -0.495 e. The highest BCUT2D eigenvalue weighted by molar-refractivity contribution is 9.10. The minimum absolute atomic E-state index is 0.386. The molecule has 2 aromatic carbocycles. The summed E-state index contributed by atoms with van der Waals surface area (Å²) in [5.74, 6) is 1.84. The van der Waals surface area contributed by atoms with Crippen molar-refractivity contribution in [1.82, 2.24) is 4.90 Å². The average molecular weight is 419 g/mol. The molecule has 0 saturated carbocycles. The summed E-state index contributed by atoms with van der Waals surface area (Å²) in [6, 6.07) is 15.2. The van der Waals surface area contributed by atoms with Crippen molar-refractivity contribution in [2.75, 3.05) is 44.8 Å². The maximum atomic E-state index is 5.65. The van der Waals surface area contributed by atoms with Crippen LogP contribution < -0.4 is 14.4 Å². The van der Waals surface area contributed by atoms with Crippen LogP contribution in [0.4, 0.5) is 5.69 Å². The van der Waals surface area contributed by atoms with Gasteiger partial charge in [-0.25, -0.2) is 0 Å². The van der Waals surface area contributed by atoms with E-state index in [9.17, 15) is 0 Å². The molecule has 0 spiro atoms. The molecule has 0 radical (unpaired) electrons. The van der Waals surface area contributed by atoms with Crippen molar-refractivity contribution in [3.05, 3.63) is 52.5 Å². The first-order chi connectivity index (χ1) is 12.6. The Hall–Kier alpha value is -1.72. The standard InChI is InChI=1S/C21H27BrN2O2/c1-4-26-19-7-5-6-17(14-19)16(2)23-10-12-24(13-11-23)18-8-9-20(22)21(15-18)25-3/h5-9,14-16H,4,10-13H2,1-3H3. The molecule has 140 valence electrons. The smallest absolute Gasteiger partial charge is 0.135 e. The summed E-state index contributed by atoms with van der Waals surface area (Å²) in [5.41, 5.74) is 2.53. The zero-order valence-electron chi connectivity index (χ0n) is 15.7. The predicted octanol–water partition coefficient (Wildman–Crippen LogP) is 4.74. The van der Waals surface area contributed by atoms with Gasteiger partial charge in [-0.2, -0.15) is 0 Å². The SMILES string of the molecule is CCOc1cccc(C(C)N2CCN(c3ccc(Br)c(OC)c3)CC2)c1. The minimum atomic E-state index is 0.386. The van der Waals surface area contributed by atoms with Crippen LogP contribution in [0, 0.1) is 0 Å². The van der Waals surface area contributed by atoms with E-state index in [1.165, 1.54) is 11.3 Å². The van der Waals surface area contributed by atoms with E-state index in [-0.39, 0.29) is 0 Å². The van der Waals surface area contributed by atoms with Gasteiger partial charge in [0.15, 0.2) is 0 Å². The molecule has 0 bridgehead atoms. The van der Waals surface area contributed by atoms with Gasteiger partial charge in [-0.15, -0.1) is 0 Å². The van der Waals surface area contributed by atoms with E-state index in [1.54, 1.807) is 7.11 Å². The number of methoxy groups -OCH3 is 1. The van der Waals surface area contributed by atoms with Crippen LogP contribution in [0.25, 0.3) is 0 Å². The van der Waals surface area contributed by atoms with Crippen molar-refractivity contribution < 1.29 is 9.47 Å². The molecule has 1 fully saturated rings. The molecule has 1 heterocycles. The Morgan fingerprint density at radius 3 is 2.54 bits per heavy atom. The van der Waals surface area contributed by atoms with Gasteiger partial charge in [-0.1, -0.05) is 12.1 Å². The van der Waals surface area contributed by atoms with Gasteiger partial charge in [0.25, 0.3) is 0 Å². The number of hydrogen-bond acceptors (Lipinski definition) is 4. The van der Waals surface area contributed by atoms with Crippen LogP contribution in [0.5, 0.6) is 11.5 Å². The monoisotopic (exact) mass is 418 g/mol. The Bertz CT molecular complexity index is 730. The van der Waals surface area contributed by atoms with Gasteiger partial charge in [-0.3, -0.25) is 4.90 Å². The topological polar surface area (TPSA) is 24.9 Å². The molecule has 1 atom stereocenters. The molecular formula is C21H27BrN2O2. The van der Waals surface area contributed by atoms with E-state index >= 15 is 0 Å². The number of halogens is 1. The lowest BCUT2D eigenvalue weighted by Gasteiger charge is -2.39. The van der Waals surface area contributed by atoms with Crippen LogP contribution in [0.3, 0.4) is 0 Å². The van der Waals surface area contributed by atoms with Crippen LogP contribution in [0.15, 0.2) is 46.9 Å². The fourth-order valence-corrected chi connectivity index (χ4v) is 3.86. The third kappa shape index (κ3) is 4.33. The van der Waals surface area contributed by atoms with Gasteiger partial charge in [0, 0.05) is 44.0 Å². The van der Waals surface area contributed by atoms with Crippen LogP contribution in [0.1, 0.15) is 25.5 Å². The van der Waals surface area contributed by atoms with Gasteiger partial charge >= 0.3 is 0 Å². The number of rotatable bonds is 6. The summed E-state index contributed by atoms with van der Waals surface area (Å²) in [5, 5.41) is 0. The summed E-state index contributed by atoms with van der Waals surface area (Å²) < 4.78 is 12.1. The Morgan fingerprint density at radius 1 is 1.08 bits per heavy atom. The van der Waals surface area contributed by atoms with E-state index in [2.05, 4.69) is 69.1 Å². The van der Waals surface area contributed by atoms with Gasteiger partial charge in [-0.05, 0) is 59.6 Å². The van der Waals surface area contributed by atoms with Gasteiger partial charge in [0.2, 0.25) is 0 Å². The van der Waals surface area contributed by atoms with Crippen molar-refractivity contribution in [1.29, 1.82) is 0 Å². The first-order valence-electron chi connectivity index (χ1n) is 9.17. The van der Waals surface area contributed by atoms with Crippen LogP contribution in [-0.2, 0) is 0 Å². The normalized spacial score (nSPS) is 16.4. The number of nitrogens with zero attached hydrogens (tertiary/aromatic N) is 2.